The summed E-state index contributed by atoms with van der Waals surface area (Å²) in [5.41, 5.74) is 2.06. The number of Topliss-reactive ketones (excluding diaryl/α,β-unsaturated/α-hetero) is 1. The van der Waals surface area contributed by atoms with Crippen LogP contribution in [-0.2, 0) is 9.59 Å². The summed E-state index contributed by atoms with van der Waals surface area (Å²) in [7, 11) is 1.53. The first-order chi connectivity index (χ1) is 17.9. The fraction of sp³-hybridized carbons (Fsp3) is 0.179. The van der Waals surface area contributed by atoms with Gasteiger partial charge in [0.15, 0.2) is 5.78 Å². The van der Waals surface area contributed by atoms with E-state index in [1.54, 1.807) is 30.5 Å². The van der Waals surface area contributed by atoms with Crippen LogP contribution in [0.15, 0.2) is 79.0 Å². The SMILES string of the molecule is COc1ccc(C(=O)[C@@H]2[C@H]3C(=O)N(c4cccc([N+](=O)[O-])c4)C(=O)[C@@H]3[C@H]3c4ccccc4C=CN23)cc1. The summed E-state index contributed by atoms with van der Waals surface area (Å²) in [6.07, 6.45) is 3.67. The predicted octanol–water partition coefficient (Wildman–Crippen LogP) is 4.00. The first-order valence-electron chi connectivity index (χ1n) is 11.8. The Kier molecular flexibility index (Phi) is 5.15. The molecular weight excluding hydrogens is 474 g/mol. The van der Waals surface area contributed by atoms with E-state index < -0.39 is 40.7 Å². The number of nitro groups is 1. The zero-order chi connectivity index (χ0) is 25.8. The minimum absolute atomic E-state index is 0.125. The summed E-state index contributed by atoms with van der Waals surface area (Å²) in [6, 6.07) is 18.2. The Labute approximate surface area is 211 Å². The van der Waals surface area contributed by atoms with Crippen molar-refractivity contribution in [2.45, 2.75) is 12.1 Å². The maximum atomic E-state index is 13.9. The molecule has 37 heavy (non-hydrogen) atoms. The number of anilines is 1. The fourth-order valence-electron chi connectivity index (χ4n) is 5.78. The molecule has 3 aliphatic rings. The van der Waals surface area contributed by atoms with Gasteiger partial charge in [0.05, 0.1) is 35.6 Å². The number of benzene rings is 3. The van der Waals surface area contributed by atoms with Crippen LogP contribution in [-0.4, -0.2) is 40.6 Å². The van der Waals surface area contributed by atoms with E-state index in [0.717, 1.165) is 16.0 Å². The number of ether oxygens (including phenoxy) is 1. The van der Waals surface area contributed by atoms with Crippen molar-refractivity contribution in [1.29, 1.82) is 0 Å². The lowest BCUT2D eigenvalue weighted by molar-refractivity contribution is -0.384. The molecule has 3 heterocycles. The Hall–Kier alpha value is -4.79. The first kappa shape index (κ1) is 22.7. The third kappa shape index (κ3) is 3.35. The highest BCUT2D eigenvalue weighted by Gasteiger charge is 2.64. The van der Waals surface area contributed by atoms with Crippen LogP contribution in [0.1, 0.15) is 27.5 Å². The van der Waals surface area contributed by atoms with Crippen molar-refractivity contribution in [3.63, 3.8) is 0 Å². The van der Waals surface area contributed by atoms with Crippen molar-refractivity contribution in [1.82, 2.24) is 4.90 Å². The third-order valence-electron chi connectivity index (χ3n) is 7.40. The number of carbonyl (C=O) groups is 3. The van der Waals surface area contributed by atoms with Gasteiger partial charge in [-0.05, 0) is 47.5 Å². The normalized spacial score (nSPS) is 23.5. The molecule has 6 rings (SSSR count). The molecule has 0 spiro atoms. The molecule has 3 aromatic carbocycles. The molecule has 2 amide bonds. The second-order valence-electron chi connectivity index (χ2n) is 9.21. The first-order valence-corrected chi connectivity index (χ1v) is 11.8. The number of nitrogens with zero attached hydrogens (tertiary/aromatic N) is 3. The molecule has 2 fully saturated rings. The van der Waals surface area contributed by atoms with Crippen LogP contribution >= 0.6 is 0 Å². The van der Waals surface area contributed by atoms with Crippen LogP contribution in [0.25, 0.3) is 6.08 Å². The quantitative estimate of drug-likeness (QED) is 0.228. The Morgan fingerprint density at radius 2 is 1.68 bits per heavy atom. The second kappa shape index (κ2) is 8.41. The van der Waals surface area contributed by atoms with Crippen LogP contribution in [0.5, 0.6) is 5.75 Å². The van der Waals surface area contributed by atoms with E-state index in [-0.39, 0.29) is 17.2 Å². The fourth-order valence-corrected chi connectivity index (χ4v) is 5.78. The van der Waals surface area contributed by atoms with Gasteiger partial charge < -0.3 is 9.64 Å². The Bertz CT molecular complexity index is 1500. The summed E-state index contributed by atoms with van der Waals surface area (Å²) < 4.78 is 5.20. The van der Waals surface area contributed by atoms with E-state index in [1.165, 1.54) is 31.4 Å². The average molecular weight is 495 g/mol. The number of hydrogen-bond donors (Lipinski definition) is 0. The molecular formula is C28H21N3O6. The second-order valence-corrected chi connectivity index (χ2v) is 9.21. The van der Waals surface area contributed by atoms with Crippen LogP contribution in [0.3, 0.4) is 0 Å². The zero-order valence-electron chi connectivity index (χ0n) is 19.7. The van der Waals surface area contributed by atoms with E-state index in [4.69, 9.17) is 4.74 Å². The van der Waals surface area contributed by atoms with Gasteiger partial charge in [-0.1, -0.05) is 30.3 Å². The highest BCUT2D eigenvalue weighted by atomic mass is 16.6. The summed E-state index contributed by atoms with van der Waals surface area (Å²) in [6.45, 7) is 0. The summed E-state index contributed by atoms with van der Waals surface area (Å²) in [5.74, 6) is -2.49. The largest absolute Gasteiger partial charge is 0.497 e. The Morgan fingerprint density at radius 3 is 2.41 bits per heavy atom. The van der Waals surface area contributed by atoms with Gasteiger partial charge in [0.25, 0.3) is 5.69 Å². The van der Waals surface area contributed by atoms with Crippen molar-refractivity contribution < 1.29 is 24.0 Å². The highest BCUT2D eigenvalue weighted by Crippen LogP contribution is 2.53. The summed E-state index contributed by atoms with van der Waals surface area (Å²) in [5, 5.41) is 11.3. The van der Waals surface area contributed by atoms with Crippen LogP contribution in [0.2, 0.25) is 0 Å². The topological polar surface area (TPSA) is 110 Å². The monoisotopic (exact) mass is 495 g/mol. The van der Waals surface area contributed by atoms with Crippen molar-refractivity contribution in [3.8, 4) is 5.75 Å². The number of nitro benzene ring substituents is 1. The number of imide groups is 1. The molecule has 9 heteroatoms. The van der Waals surface area contributed by atoms with Gasteiger partial charge in [0.2, 0.25) is 11.8 Å². The maximum Gasteiger partial charge on any atom is 0.271 e. The van der Waals surface area contributed by atoms with Gasteiger partial charge in [-0.2, -0.15) is 0 Å². The molecule has 0 aliphatic carbocycles. The molecule has 2 saturated heterocycles. The van der Waals surface area contributed by atoms with Gasteiger partial charge in [0.1, 0.15) is 11.8 Å². The van der Waals surface area contributed by atoms with Crippen molar-refractivity contribution in [2.75, 3.05) is 12.0 Å². The lowest BCUT2D eigenvalue weighted by Gasteiger charge is -2.35. The van der Waals surface area contributed by atoms with E-state index >= 15 is 0 Å². The van der Waals surface area contributed by atoms with Gasteiger partial charge in [-0.15, -0.1) is 0 Å². The Morgan fingerprint density at radius 1 is 0.946 bits per heavy atom. The molecule has 0 radical (unpaired) electrons. The van der Waals surface area contributed by atoms with Gasteiger partial charge in [0, 0.05) is 23.9 Å². The van der Waals surface area contributed by atoms with Crippen molar-refractivity contribution in [2.24, 2.45) is 11.8 Å². The standard InChI is InChI=1S/C28H21N3O6/c1-37-20-11-9-17(10-12-20)26(32)25-23-22(24-21-8-3-2-5-16(21)13-14-29(24)25)27(33)30(28(23)34)18-6-4-7-19(15-18)31(35)36/h2-15,22-25H,1H3/t22-,23-,24+,25-/m0/s1. The van der Waals surface area contributed by atoms with Crippen molar-refractivity contribution >= 4 is 35.0 Å². The number of fused-ring (bicyclic) bond motifs is 5. The number of hydrogen-bond acceptors (Lipinski definition) is 7. The summed E-state index contributed by atoms with van der Waals surface area (Å²) in [4.78, 5) is 55.3. The highest BCUT2D eigenvalue weighted by molar-refractivity contribution is 6.24. The predicted molar refractivity (Wildman–Crippen MR) is 134 cm³/mol. The molecule has 3 aliphatic heterocycles. The van der Waals surface area contributed by atoms with E-state index in [1.807, 2.05) is 35.2 Å². The molecule has 184 valence electrons. The number of non-ortho nitro benzene ring substituents is 1. The maximum absolute atomic E-state index is 13.9. The summed E-state index contributed by atoms with van der Waals surface area (Å²) >= 11 is 0. The van der Waals surface area contributed by atoms with Gasteiger partial charge in [-0.25, -0.2) is 4.90 Å². The minimum atomic E-state index is -0.956. The molecule has 0 bridgehead atoms. The molecule has 4 atom stereocenters. The van der Waals surface area contributed by atoms with Crippen LogP contribution < -0.4 is 9.64 Å². The number of rotatable bonds is 5. The Balaban J connectivity index is 1.47. The van der Waals surface area contributed by atoms with Gasteiger partial charge in [-0.3, -0.25) is 24.5 Å². The number of ketones is 1. The lowest BCUT2D eigenvalue weighted by Crippen LogP contribution is -2.44. The minimum Gasteiger partial charge on any atom is -0.497 e. The van der Waals surface area contributed by atoms with Crippen molar-refractivity contribution in [3.05, 3.63) is 106 Å². The van der Waals surface area contributed by atoms with E-state index in [2.05, 4.69) is 0 Å². The third-order valence-corrected chi connectivity index (χ3v) is 7.40. The molecule has 0 unspecified atom stereocenters. The van der Waals surface area contributed by atoms with Crippen LogP contribution in [0, 0.1) is 22.0 Å². The van der Waals surface area contributed by atoms with E-state index in [0.29, 0.717) is 11.3 Å². The smallest absolute Gasteiger partial charge is 0.271 e. The zero-order valence-corrected chi connectivity index (χ0v) is 19.7. The average Bonchev–Trinajstić information content (AvgIpc) is 3.40. The molecule has 0 aromatic heterocycles. The lowest BCUT2D eigenvalue weighted by atomic mass is 9.83. The van der Waals surface area contributed by atoms with Gasteiger partial charge >= 0.3 is 0 Å². The molecule has 3 aromatic rings. The van der Waals surface area contributed by atoms with E-state index in [9.17, 15) is 24.5 Å². The molecule has 0 N–H and O–H groups in total. The number of amides is 2. The molecule has 9 nitrogen and oxygen atoms in total. The molecule has 0 saturated carbocycles. The number of carbonyl (C=O) groups excluding carboxylic acids is 3. The van der Waals surface area contributed by atoms with Crippen LogP contribution in [0.4, 0.5) is 11.4 Å². The number of methoxy groups -OCH3 is 1.